The van der Waals surface area contributed by atoms with Crippen molar-refractivity contribution in [2.24, 2.45) is 0 Å². The highest BCUT2D eigenvalue weighted by Gasteiger charge is 2.19. The molecule has 1 aromatic carbocycles. The van der Waals surface area contributed by atoms with Gasteiger partial charge < -0.3 is 14.5 Å². The summed E-state index contributed by atoms with van der Waals surface area (Å²) in [7, 11) is -2.62. The van der Waals surface area contributed by atoms with Gasteiger partial charge in [-0.3, -0.25) is 14.4 Å². The molecule has 0 saturated carbocycles. The van der Waals surface area contributed by atoms with Crippen LogP contribution in [0.3, 0.4) is 0 Å². The first kappa shape index (κ1) is 23.5. The number of esters is 1. The minimum absolute atomic E-state index is 0.157. The van der Waals surface area contributed by atoms with Crippen LogP contribution in [0, 0.1) is 5.82 Å². The molecule has 1 rings (SSSR count). The van der Waals surface area contributed by atoms with E-state index in [4.69, 9.17) is 4.74 Å². The number of ether oxygens (including phenoxy) is 1. The molecular formula is C17H24FN3O6S. The summed E-state index contributed by atoms with van der Waals surface area (Å²) in [6, 6.07) is 4.05. The molecule has 0 aromatic heterocycles. The van der Waals surface area contributed by atoms with Crippen molar-refractivity contribution in [3.8, 4) is 0 Å². The maximum Gasteiger partial charge on any atom is 0.321 e. The van der Waals surface area contributed by atoms with Gasteiger partial charge in [0.1, 0.15) is 12.4 Å². The Morgan fingerprint density at radius 2 is 1.64 bits per heavy atom. The van der Waals surface area contributed by atoms with Crippen molar-refractivity contribution in [2.45, 2.75) is 18.7 Å². The Morgan fingerprint density at radius 3 is 2.18 bits per heavy atom. The lowest BCUT2D eigenvalue weighted by Crippen LogP contribution is -2.42. The Bertz CT molecular complexity index is 794. The highest BCUT2D eigenvalue weighted by atomic mass is 32.2. The number of carbonyl (C=O) groups excluding carboxylic acids is 3. The van der Waals surface area contributed by atoms with Gasteiger partial charge in [0, 0.05) is 20.1 Å². The molecule has 0 aliphatic rings. The van der Waals surface area contributed by atoms with E-state index in [1.165, 1.54) is 7.05 Å². The van der Waals surface area contributed by atoms with Gasteiger partial charge in [-0.05, 0) is 38.1 Å². The zero-order valence-corrected chi connectivity index (χ0v) is 16.8. The summed E-state index contributed by atoms with van der Waals surface area (Å²) in [5.74, 6) is -2.41. The number of nitrogens with one attached hydrogen (secondary N) is 1. The molecule has 0 heterocycles. The highest BCUT2D eigenvalue weighted by molar-refractivity contribution is 7.89. The molecule has 0 saturated heterocycles. The van der Waals surface area contributed by atoms with Crippen molar-refractivity contribution in [1.29, 1.82) is 0 Å². The van der Waals surface area contributed by atoms with E-state index in [9.17, 15) is 27.2 Å². The Labute approximate surface area is 163 Å². The fraction of sp³-hybridized carbons (Fsp3) is 0.471. The van der Waals surface area contributed by atoms with Crippen LogP contribution in [0.5, 0.6) is 0 Å². The van der Waals surface area contributed by atoms with E-state index < -0.39 is 40.9 Å². The van der Waals surface area contributed by atoms with Gasteiger partial charge in [-0.1, -0.05) is 0 Å². The Morgan fingerprint density at radius 1 is 1.07 bits per heavy atom. The fourth-order valence-electron chi connectivity index (χ4n) is 2.12. The number of amides is 2. The molecule has 0 fully saturated rings. The Balaban J connectivity index is 2.46. The third-order valence-corrected chi connectivity index (χ3v) is 5.22. The third kappa shape index (κ3) is 7.24. The maximum atomic E-state index is 12.8. The van der Waals surface area contributed by atoms with Gasteiger partial charge >= 0.3 is 5.97 Å². The SMILES string of the molecule is CCN(CC)C(=O)CN(C)C(=O)COC(=O)CNS(=O)(=O)c1ccc(F)cc1. The van der Waals surface area contributed by atoms with Crippen LogP contribution in [-0.4, -0.2) is 75.8 Å². The number of halogens is 1. The molecule has 9 nitrogen and oxygen atoms in total. The lowest BCUT2D eigenvalue weighted by atomic mass is 10.4. The average molecular weight is 417 g/mol. The smallest absolute Gasteiger partial charge is 0.321 e. The molecule has 0 aliphatic heterocycles. The van der Waals surface area contributed by atoms with E-state index in [1.807, 2.05) is 18.6 Å². The lowest BCUT2D eigenvalue weighted by molar-refractivity contribution is -0.151. The van der Waals surface area contributed by atoms with Crippen molar-refractivity contribution in [3.05, 3.63) is 30.1 Å². The topological polar surface area (TPSA) is 113 Å². The van der Waals surface area contributed by atoms with Gasteiger partial charge in [-0.15, -0.1) is 0 Å². The fourth-order valence-corrected chi connectivity index (χ4v) is 3.09. The van der Waals surface area contributed by atoms with Crippen molar-refractivity contribution in [2.75, 3.05) is 39.8 Å². The van der Waals surface area contributed by atoms with Crippen molar-refractivity contribution < 1.29 is 31.9 Å². The average Bonchev–Trinajstić information content (AvgIpc) is 2.65. The second-order valence-corrected chi connectivity index (χ2v) is 7.52. The standard InChI is InChI=1S/C17H24FN3O6S/c1-4-21(5-2)15(22)11-20(3)16(23)12-27-17(24)10-19-28(25,26)14-8-6-13(18)7-9-14/h6-9,19H,4-5,10-12H2,1-3H3. The van der Waals surface area contributed by atoms with Gasteiger partial charge in [0.2, 0.25) is 15.9 Å². The van der Waals surface area contributed by atoms with Gasteiger partial charge in [0.05, 0.1) is 11.4 Å². The van der Waals surface area contributed by atoms with Crippen LogP contribution in [0.2, 0.25) is 0 Å². The lowest BCUT2D eigenvalue weighted by Gasteiger charge is -2.23. The monoisotopic (exact) mass is 417 g/mol. The predicted octanol–water partition coefficient (Wildman–Crippen LogP) is -0.0260. The molecule has 0 radical (unpaired) electrons. The Kier molecular flexibility index (Phi) is 9.00. The van der Waals surface area contributed by atoms with E-state index >= 15 is 0 Å². The minimum Gasteiger partial charge on any atom is -0.455 e. The molecule has 1 aromatic rings. The highest BCUT2D eigenvalue weighted by Crippen LogP contribution is 2.09. The van der Waals surface area contributed by atoms with Crippen LogP contribution in [0.25, 0.3) is 0 Å². The van der Waals surface area contributed by atoms with E-state index in [2.05, 4.69) is 0 Å². The molecule has 156 valence electrons. The first-order valence-corrected chi connectivity index (χ1v) is 10.0. The summed E-state index contributed by atoms with van der Waals surface area (Å²) >= 11 is 0. The van der Waals surface area contributed by atoms with Gasteiger partial charge in [0.15, 0.2) is 6.61 Å². The van der Waals surface area contributed by atoms with Crippen LogP contribution in [0.1, 0.15) is 13.8 Å². The second-order valence-electron chi connectivity index (χ2n) is 5.75. The van der Waals surface area contributed by atoms with Crippen LogP contribution >= 0.6 is 0 Å². The van der Waals surface area contributed by atoms with Gasteiger partial charge in [0.25, 0.3) is 5.91 Å². The number of nitrogens with zero attached hydrogens (tertiary/aromatic N) is 2. The first-order valence-electron chi connectivity index (χ1n) is 8.53. The number of hydrogen-bond donors (Lipinski definition) is 1. The van der Waals surface area contributed by atoms with Crippen LogP contribution in [0.4, 0.5) is 4.39 Å². The summed E-state index contributed by atoms with van der Waals surface area (Å²) in [4.78, 5) is 38.0. The van der Waals surface area contributed by atoms with E-state index in [-0.39, 0.29) is 17.3 Å². The third-order valence-electron chi connectivity index (χ3n) is 3.80. The number of benzene rings is 1. The second kappa shape index (κ2) is 10.7. The summed E-state index contributed by atoms with van der Waals surface area (Å²) in [5.41, 5.74) is 0. The van der Waals surface area contributed by atoms with E-state index in [1.54, 1.807) is 4.90 Å². The summed E-state index contributed by atoms with van der Waals surface area (Å²) in [6.07, 6.45) is 0. The van der Waals surface area contributed by atoms with Crippen molar-refractivity contribution >= 4 is 27.8 Å². The maximum absolute atomic E-state index is 12.8. The molecule has 0 atom stereocenters. The summed E-state index contributed by atoms with van der Waals surface area (Å²) in [6.45, 7) is 3.18. The van der Waals surface area contributed by atoms with Crippen molar-refractivity contribution in [1.82, 2.24) is 14.5 Å². The molecule has 1 N–H and O–H groups in total. The number of sulfonamides is 1. The molecule has 0 unspecified atom stereocenters. The summed E-state index contributed by atoms with van der Waals surface area (Å²) < 4.78 is 43.5. The van der Waals surface area contributed by atoms with Gasteiger partial charge in [-0.2, -0.15) is 4.72 Å². The normalized spacial score (nSPS) is 11.0. The number of rotatable bonds is 10. The van der Waals surface area contributed by atoms with Gasteiger partial charge in [-0.25, -0.2) is 12.8 Å². The minimum atomic E-state index is -4.02. The first-order chi connectivity index (χ1) is 13.1. The van der Waals surface area contributed by atoms with Crippen LogP contribution in [-0.2, 0) is 29.1 Å². The molecule has 0 spiro atoms. The number of carbonyl (C=O) groups is 3. The molecule has 28 heavy (non-hydrogen) atoms. The van der Waals surface area contributed by atoms with Crippen LogP contribution < -0.4 is 4.72 Å². The number of likely N-dealkylation sites (N-methyl/N-ethyl adjacent to an activating group) is 2. The molecule has 11 heteroatoms. The summed E-state index contributed by atoms with van der Waals surface area (Å²) in [5, 5.41) is 0. The van der Waals surface area contributed by atoms with Crippen LogP contribution in [0.15, 0.2) is 29.2 Å². The van der Waals surface area contributed by atoms with E-state index in [0.29, 0.717) is 13.1 Å². The molecule has 2 amide bonds. The molecular weight excluding hydrogens is 393 g/mol. The molecule has 0 bridgehead atoms. The van der Waals surface area contributed by atoms with Crippen molar-refractivity contribution in [3.63, 3.8) is 0 Å². The largest absolute Gasteiger partial charge is 0.455 e. The predicted molar refractivity (Wildman–Crippen MR) is 98.1 cm³/mol. The zero-order chi connectivity index (χ0) is 21.3. The van der Waals surface area contributed by atoms with E-state index in [0.717, 1.165) is 29.2 Å². The zero-order valence-electron chi connectivity index (χ0n) is 16.0. The quantitative estimate of drug-likeness (QED) is 0.535. The number of hydrogen-bond acceptors (Lipinski definition) is 6. The Hall–Kier alpha value is -2.53. The molecule has 0 aliphatic carbocycles.